The molecule has 2 atom stereocenters. The number of nitrogens with one attached hydrogen (secondary N) is 1. The van der Waals surface area contributed by atoms with E-state index in [1.165, 1.54) is 43.9 Å². The second-order valence-corrected chi connectivity index (χ2v) is 5.76. The van der Waals surface area contributed by atoms with Gasteiger partial charge in [-0.25, -0.2) is 0 Å². The minimum atomic E-state index is 0.734. The molecule has 0 unspecified atom stereocenters. The molecule has 0 spiro atoms. The topological polar surface area (TPSA) is 33.1 Å². The van der Waals surface area contributed by atoms with E-state index in [4.69, 9.17) is 0 Å². The summed E-state index contributed by atoms with van der Waals surface area (Å²) in [5.74, 6) is 0.873. The third-order valence-corrected chi connectivity index (χ3v) is 4.45. The first-order valence-corrected chi connectivity index (χ1v) is 7.23. The van der Waals surface area contributed by atoms with Gasteiger partial charge < -0.3 is 5.32 Å². The number of aromatic nitrogens is 2. The zero-order valence-electron chi connectivity index (χ0n) is 11.5. The molecule has 0 bridgehead atoms. The number of fused-ring (bicyclic) bond motifs is 1. The highest BCUT2D eigenvalue weighted by Crippen LogP contribution is 2.26. The van der Waals surface area contributed by atoms with E-state index < -0.39 is 0 Å². The van der Waals surface area contributed by atoms with E-state index in [0.717, 1.165) is 24.9 Å². The molecule has 3 heterocycles. The van der Waals surface area contributed by atoms with Crippen LogP contribution in [0.3, 0.4) is 0 Å². The van der Waals surface area contributed by atoms with Gasteiger partial charge in [-0.3, -0.25) is 9.58 Å². The lowest BCUT2D eigenvalue weighted by molar-refractivity contribution is 0.304. The van der Waals surface area contributed by atoms with E-state index in [1.54, 1.807) is 0 Å². The molecule has 4 nitrogen and oxygen atoms in total. The van der Waals surface area contributed by atoms with E-state index >= 15 is 0 Å². The van der Waals surface area contributed by atoms with Gasteiger partial charge in [0.1, 0.15) is 0 Å². The molecule has 100 valence electrons. The molecule has 2 aliphatic heterocycles. The molecule has 1 aromatic rings. The summed E-state index contributed by atoms with van der Waals surface area (Å²) in [6.07, 6.45) is 3.78. The Hall–Kier alpha value is -0.870. The van der Waals surface area contributed by atoms with Gasteiger partial charge in [0.2, 0.25) is 0 Å². The highest BCUT2D eigenvalue weighted by atomic mass is 15.3. The molecular weight excluding hydrogens is 224 g/mol. The molecule has 0 aliphatic carbocycles. The average molecular weight is 248 g/mol. The van der Waals surface area contributed by atoms with Crippen LogP contribution in [0.1, 0.15) is 31.2 Å². The third kappa shape index (κ3) is 2.31. The summed E-state index contributed by atoms with van der Waals surface area (Å²) in [5, 5.41) is 8.20. The summed E-state index contributed by atoms with van der Waals surface area (Å²) >= 11 is 0. The summed E-state index contributed by atoms with van der Waals surface area (Å²) < 4.78 is 2.05. The van der Waals surface area contributed by atoms with Crippen LogP contribution in [0, 0.1) is 5.92 Å². The maximum absolute atomic E-state index is 4.54. The summed E-state index contributed by atoms with van der Waals surface area (Å²) in [4.78, 5) is 2.59. The number of aryl methyl sites for hydroxylation is 2. The first kappa shape index (κ1) is 12.2. The minimum absolute atomic E-state index is 0.734. The van der Waals surface area contributed by atoms with Crippen molar-refractivity contribution in [3.8, 4) is 0 Å². The van der Waals surface area contributed by atoms with E-state index in [9.17, 15) is 0 Å². The van der Waals surface area contributed by atoms with Crippen LogP contribution < -0.4 is 5.32 Å². The lowest BCUT2D eigenvalue weighted by Gasteiger charge is -2.24. The second-order valence-electron chi connectivity index (χ2n) is 5.76. The molecule has 0 amide bonds. The molecule has 3 rings (SSSR count). The number of hydrogen-bond donors (Lipinski definition) is 1. The fourth-order valence-corrected chi connectivity index (χ4v) is 3.39. The monoisotopic (exact) mass is 248 g/mol. The van der Waals surface area contributed by atoms with E-state index in [1.807, 2.05) is 4.68 Å². The van der Waals surface area contributed by atoms with Crippen LogP contribution in [0.25, 0.3) is 0 Å². The van der Waals surface area contributed by atoms with Crippen molar-refractivity contribution in [2.75, 3.05) is 19.6 Å². The van der Waals surface area contributed by atoms with Gasteiger partial charge in [-0.1, -0.05) is 6.92 Å². The van der Waals surface area contributed by atoms with E-state index in [0.29, 0.717) is 0 Å². The van der Waals surface area contributed by atoms with Crippen LogP contribution in [-0.2, 0) is 20.0 Å². The molecule has 0 radical (unpaired) electrons. The van der Waals surface area contributed by atoms with Gasteiger partial charge in [-0.05, 0) is 37.8 Å². The lowest BCUT2D eigenvalue weighted by Crippen LogP contribution is -2.40. The fourth-order valence-electron chi connectivity index (χ4n) is 3.39. The second kappa shape index (κ2) is 5.02. The van der Waals surface area contributed by atoms with E-state index in [-0.39, 0.29) is 0 Å². The predicted molar refractivity (Wildman–Crippen MR) is 72.4 cm³/mol. The summed E-state index contributed by atoms with van der Waals surface area (Å²) in [6.45, 7) is 6.89. The van der Waals surface area contributed by atoms with Crippen LogP contribution >= 0.6 is 0 Å². The Bertz CT molecular complexity index is 398. The van der Waals surface area contributed by atoms with Crippen LogP contribution in [0.15, 0.2) is 6.07 Å². The summed E-state index contributed by atoms with van der Waals surface area (Å²) in [7, 11) is 2.07. The fraction of sp³-hybridized carbons (Fsp3) is 0.786. The average Bonchev–Trinajstić information content (AvgIpc) is 2.93. The quantitative estimate of drug-likeness (QED) is 0.871. The van der Waals surface area contributed by atoms with Crippen LogP contribution in [0.5, 0.6) is 0 Å². The van der Waals surface area contributed by atoms with Crippen molar-refractivity contribution >= 4 is 0 Å². The third-order valence-electron chi connectivity index (χ3n) is 4.45. The van der Waals surface area contributed by atoms with Crippen molar-refractivity contribution < 1.29 is 0 Å². The van der Waals surface area contributed by atoms with Gasteiger partial charge in [0, 0.05) is 32.7 Å². The zero-order chi connectivity index (χ0) is 12.5. The van der Waals surface area contributed by atoms with Gasteiger partial charge >= 0.3 is 0 Å². The lowest BCUT2D eigenvalue weighted by atomic mass is 9.94. The first-order valence-electron chi connectivity index (χ1n) is 7.23. The number of rotatable bonds is 3. The molecule has 0 saturated carbocycles. The van der Waals surface area contributed by atoms with Crippen molar-refractivity contribution in [3.63, 3.8) is 0 Å². The van der Waals surface area contributed by atoms with Gasteiger partial charge in [0.05, 0.1) is 11.4 Å². The van der Waals surface area contributed by atoms with Crippen molar-refractivity contribution in [3.05, 3.63) is 17.5 Å². The van der Waals surface area contributed by atoms with Crippen LogP contribution in [0.2, 0.25) is 0 Å². The number of nitrogens with zero attached hydrogens (tertiary/aromatic N) is 3. The van der Waals surface area contributed by atoms with Gasteiger partial charge in [-0.2, -0.15) is 5.10 Å². The van der Waals surface area contributed by atoms with Crippen molar-refractivity contribution in [1.82, 2.24) is 20.0 Å². The number of piperidine rings is 1. The summed E-state index contributed by atoms with van der Waals surface area (Å²) in [6, 6.07) is 2.99. The van der Waals surface area contributed by atoms with Crippen LogP contribution in [0.4, 0.5) is 0 Å². The molecule has 2 fully saturated rings. The highest BCUT2D eigenvalue weighted by Gasteiger charge is 2.34. The maximum atomic E-state index is 4.54. The van der Waals surface area contributed by atoms with Crippen molar-refractivity contribution in [2.45, 2.75) is 38.8 Å². The Morgan fingerprint density at radius 2 is 2.33 bits per heavy atom. The largest absolute Gasteiger partial charge is 0.312 e. The molecule has 4 heteroatoms. The van der Waals surface area contributed by atoms with Gasteiger partial charge in [0.15, 0.2) is 0 Å². The first-order chi connectivity index (χ1) is 8.76. The van der Waals surface area contributed by atoms with Crippen molar-refractivity contribution in [1.29, 1.82) is 0 Å². The Morgan fingerprint density at radius 1 is 1.44 bits per heavy atom. The molecule has 2 saturated heterocycles. The Labute approximate surface area is 109 Å². The minimum Gasteiger partial charge on any atom is -0.312 e. The Morgan fingerprint density at radius 3 is 3.06 bits per heavy atom. The van der Waals surface area contributed by atoms with E-state index in [2.05, 4.69) is 35.4 Å². The molecule has 1 N–H and O–H groups in total. The standard InChI is InChI=1S/C14H24N4/c1-3-12-7-13(17(2)16-12)9-18-8-11-5-4-6-15-14(11)10-18/h7,11,14-15H,3-6,8-10H2,1-2H3/t11-,14+/m0/s1. The molecular formula is C14H24N4. The molecule has 0 aromatic carbocycles. The molecule has 2 aliphatic rings. The predicted octanol–water partition coefficient (Wildman–Crippen LogP) is 1.17. The normalized spacial score (nSPS) is 28.6. The SMILES string of the molecule is CCc1cc(CN2C[C@@H]3CCCN[C@@H]3C2)n(C)n1. The van der Waals surface area contributed by atoms with Crippen molar-refractivity contribution in [2.24, 2.45) is 13.0 Å². The Kier molecular flexibility index (Phi) is 3.39. The van der Waals surface area contributed by atoms with Crippen LogP contribution in [-0.4, -0.2) is 40.4 Å². The smallest absolute Gasteiger partial charge is 0.0625 e. The molecule has 18 heavy (non-hydrogen) atoms. The Balaban J connectivity index is 1.64. The maximum Gasteiger partial charge on any atom is 0.0625 e. The van der Waals surface area contributed by atoms with Gasteiger partial charge in [-0.15, -0.1) is 0 Å². The highest BCUT2D eigenvalue weighted by molar-refractivity contribution is 5.10. The number of hydrogen-bond acceptors (Lipinski definition) is 3. The summed E-state index contributed by atoms with van der Waals surface area (Å²) in [5.41, 5.74) is 2.56. The molecule has 1 aromatic heterocycles. The number of likely N-dealkylation sites (tertiary alicyclic amines) is 1. The van der Waals surface area contributed by atoms with Gasteiger partial charge in [0.25, 0.3) is 0 Å². The zero-order valence-corrected chi connectivity index (χ0v) is 11.5.